The second kappa shape index (κ2) is 5.44. The van der Waals surface area contributed by atoms with Crippen LogP contribution in [0.25, 0.3) is 0 Å². The van der Waals surface area contributed by atoms with Gasteiger partial charge in [-0.25, -0.2) is 8.78 Å². The van der Waals surface area contributed by atoms with E-state index in [2.05, 4.69) is 10.6 Å². The van der Waals surface area contributed by atoms with Crippen LogP contribution in [0.2, 0.25) is 0 Å². The Kier molecular flexibility index (Phi) is 3.90. The fourth-order valence-corrected chi connectivity index (χ4v) is 2.09. The molecule has 2 unspecified atom stereocenters. The standard InChI is InChI=1S/C13H14F2N2O2/c1-7(9-6-8(14)2-3-10(9)15)16-11-4-5-12(18)17-13(11)19/h2-3,6-7,11,16H,4-5H2,1H3,(H,17,18,19). The number of imide groups is 1. The number of hydrogen-bond acceptors (Lipinski definition) is 3. The first-order valence-electron chi connectivity index (χ1n) is 6.02. The van der Waals surface area contributed by atoms with Gasteiger partial charge in [-0.1, -0.05) is 0 Å². The van der Waals surface area contributed by atoms with Gasteiger partial charge < -0.3 is 0 Å². The van der Waals surface area contributed by atoms with Gasteiger partial charge in [0.15, 0.2) is 0 Å². The molecule has 6 heteroatoms. The summed E-state index contributed by atoms with van der Waals surface area (Å²) in [4.78, 5) is 22.6. The molecule has 2 rings (SSSR count). The smallest absolute Gasteiger partial charge is 0.243 e. The molecule has 0 aliphatic carbocycles. The van der Waals surface area contributed by atoms with Crippen molar-refractivity contribution in [2.45, 2.75) is 31.8 Å². The first kappa shape index (κ1) is 13.6. The molecule has 2 amide bonds. The van der Waals surface area contributed by atoms with Crippen LogP contribution in [-0.2, 0) is 9.59 Å². The Balaban J connectivity index is 2.08. The van der Waals surface area contributed by atoms with Crippen LogP contribution >= 0.6 is 0 Å². The SMILES string of the molecule is CC(NC1CCC(=O)NC1=O)c1cc(F)ccc1F. The van der Waals surface area contributed by atoms with Gasteiger partial charge in [0.1, 0.15) is 11.6 Å². The molecule has 102 valence electrons. The number of nitrogens with one attached hydrogen (secondary N) is 2. The maximum absolute atomic E-state index is 13.6. The highest BCUT2D eigenvalue weighted by molar-refractivity contribution is 6.00. The molecule has 1 aromatic carbocycles. The molecule has 2 N–H and O–H groups in total. The quantitative estimate of drug-likeness (QED) is 0.815. The van der Waals surface area contributed by atoms with Crippen LogP contribution in [0.3, 0.4) is 0 Å². The highest BCUT2D eigenvalue weighted by atomic mass is 19.1. The molecule has 0 radical (unpaired) electrons. The molecule has 19 heavy (non-hydrogen) atoms. The van der Waals surface area contributed by atoms with Crippen LogP contribution in [-0.4, -0.2) is 17.9 Å². The van der Waals surface area contributed by atoms with Crippen molar-refractivity contribution in [3.63, 3.8) is 0 Å². The number of carbonyl (C=O) groups is 2. The first-order valence-corrected chi connectivity index (χ1v) is 6.02. The summed E-state index contributed by atoms with van der Waals surface area (Å²) in [5, 5.41) is 5.11. The van der Waals surface area contributed by atoms with Crippen molar-refractivity contribution >= 4 is 11.8 Å². The van der Waals surface area contributed by atoms with Crippen LogP contribution in [0, 0.1) is 11.6 Å². The lowest BCUT2D eigenvalue weighted by atomic mass is 10.0. The number of piperidine rings is 1. The van der Waals surface area contributed by atoms with Crippen LogP contribution in [0.5, 0.6) is 0 Å². The minimum absolute atomic E-state index is 0.157. The van der Waals surface area contributed by atoms with E-state index in [1.807, 2.05) is 0 Å². The minimum Gasteiger partial charge on any atom is -0.299 e. The van der Waals surface area contributed by atoms with Crippen molar-refractivity contribution in [2.75, 3.05) is 0 Å². The molecule has 1 heterocycles. The molecule has 1 aliphatic heterocycles. The lowest BCUT2D eigenvalue weighted by Gasteiger charge is -2.25. The molecule has 1 aromatic rings. The van der Waals surface area contributed by atoms with Crippen LogP contribution < -0.4 is 10.6 Å². The van der Waals surface area contributed by atoms with E-state index in [0.29, 0.717) is 6.42 Å². The third kappa shape index (κ3) is 3.14. The van der Waals surface area contributed by atoms with E-state index in [9.17, 15) is 18.4 Å². The normalized spacial score (nSPS) is 21.1. The molecule has 0 bridgehead atoms. The lowest BCUT2D eigenvalue weighted by molar-refractivity contribution is -0.134. The topological polar surface area (TPSA) is 58.2 Å². The third-order valence-corrected chi connectivity index (χ3v) is 3.11. The largest absolute Gasteiger partial charge is 0.299 e. The molecular weight excluding hydrogens is 254 g/mol. The summed E-state index contributed by atoms with van der Waals surface area (Å²) < 4.78 is 26.7. The number of amides is 2. The Hall–Kier alpha value is -1.82. The Labute approximate surface area is 109 Å². The van der Waals surface area contributed by atoms with Crippen molar-refractivity contribution in [3.8, 4) is 0 Å². The maximum Gasteiger partial charge on any atom is 0.243 e. The minimum atomic E-state index is -0.574. The predicted molar refractivity (Wildman–Crippen MR) is 64.1 cm³/mol. The second-order valence-corrected chi connectivity index (χ2v) is 4.56. The van der Waals surface area contributed by atoms with Crippen molar-refractivity contribution < 1.29 is 18.4 Å². The van der Waals surface area contributed by atoms with Gasteiger partial charge in [0.25, 0.3) is 0 Å². The van der Waals surface area contributed by atoms with Gasteiger partial charge >= 0.3 is 0 Å². The van der Waals surface area contributed by atoms with Gasteiger partial charge in [-0.05, 0) is 31.5 Å². The van der Waals surface area contributed by atoms with E-state index in [1.54, 1.807) is 6.92 Å². The number of rotatable bonds is 3. The van der Waals surface area contributed by atoms with Gasteiger partial charge in [0.05, 0.1) is 6.04 Å². The number of hydrogen-bond donors (Lipinski definition) is 2. The van der Waals surface area contributed by atoms with Crippen LogP contribution in [0.4, 0.5) is 8.78 Å². The Morgan fingerprint density at radius 2 is 2.11 bits per heavy atom. The van der Waals surface area contributed by atoms with E-state index in [-0.39, 0.29) is 17.9 Å². The van der Waals surface area contributed by atoms with Crippen molar-refractivity contribution in [1.29, 1.82) is 0 Å². The molecule has 4 nitrogen and oxygen atoms in total. The zero-order valence-corrected chi connectivity index (χ0v) is 10.4. The Morgan fingerprint density at radius 3 is 2.79 bits per heavy atom. The van der Waals surface area contributed by atoms with E-state index >= 15 is 0 Å². The number of benzene rings is 1. The average Bonchev–Trinajstić information content (AvgIpc) is 2.35. The predicted octanol–water partition coefficient (Wildman–Crippen LogP) is 1.42. The Morgan fingerprint density at radius 1 is 1.37 bits per heavy atom. The van der Waals surface area contributed by atoms with E-state index in [0.717, 1.165) is 18.2 Å². The van der Waals surface area contributed by atoms with Crippen molar-refractivity contribution in [2.24, 2.45) is 0 Å². The van der Waals surface area contributed by atoms with Crippen LogP contribution in [0.1, 0.15) is 31.4 Å². The molecule has 1 fully saturated rings. The molecular formula is C13H14F2N2O2. The fraction of sp³-hybridized carbons (Fsp3) is 0.385. The highest BCUT2D eigenvalue weighted by Gasteiger charge is 2.28. The molecule has 0 spiro atoms. The lowest BCUT2D eigenvalue weighted by Crippen LogP contribution is -2.51. The van der Waals surface area contributed by atoms with Crippen LogP contribution in [0.15, 0.2) is 18.2 Å². The molecule has 1 aliphatic rings. The Bertz CT molecular complexity index is 519. The summed E-state index contributed by atoms with van der Waals surface area (Å²) >= 11 is 0. The number of halogens is 2. The van der Waals surface area contributed by atoms with Crippen molar-refractivity contribution in [3.05, 3.63) is 35.4 Å². The highest BCUT2D eigenvalue weighted by Crippen LogP contribution is 2.19. The molecule has 0 saturated carbocycles. The summed E-state index contributed by atoms with van der Waals surface area (Å²) in [6.45, 7) is 1.64. The summed E-state index contributed by atoms with van der Waals surface area (Å²) in [5.41, 5.74) is 0.157. The van der Waals surface area contributed by atoms with E-state index in [1.165, 1.54) is 0 Å². The van der Waals surface area contributed by atoms with Gasteiger partial charge in [-0.2, -0.15) is 0 Å². The summed E-state index contributed by atoms with van der Waals surface area (Å²) in [6.07, 6.45) is 0.591. The zero-order chi connectivity index (χ0) is 14.0. The van der Waals surface area contributed by atoms with Gasteiger partial charge in [0.2, 0.25) is 11.8 Å². The first-order chi connectivity index (χ1) is 8.97. The summed E-state index contributed by atoms with van der Waals surface area (Å²) in [6, 6.07) is 2.08. The number of carbonyl (C=O) groups excluding carboxylic acids is 2. The average molecular weight is 268 g/mol. The monoisotopic (exact) mass is 268 g/mol. The van der Waals surface area contributed by atoms with Gasteiger partial charge in [0, 0.05) is 18.0 Å². The second-order valence-electron chi connectivity index (χ2n) is 4.56. The van der Waals surface area contributed by atoms with Gasteiger partial charge in [-0.15, -0.1) is 0 Å². The van der Waals surface area contributed by atoms with Crippen molar-refractivity contribution in [1.82, 2.24) is 10.6 Å². The molecule has 1 saturated heterocycles. The summed E-state index contributed by atoms with van der Waals surface area (Å²) in [7, 11) is 0. The zero-order valence-electron chi connectivity index (χ0n) is 10.4. The summed E-state index contributed by atoms with van der Waals surface area (Å²) in [5.74, 6) is -1.81. The van der Waals surface area contributed by atoms with Gasteiger partial charge in [-0.3, -0.25) is 20.2 Å². The molecule has 2 atom stereocenters. The fourth-order valence-electron chi connectivity index (χ4n) is 2.09. The molecule has 0 aromatic heterocycles. The van der Waals surface area contributed by atoms with E-state index < -0.39 is 29.6 Å². The third-order valence-electron chi connectivity index (χ3n) is 3.11. The maximum atomic E-state index is 13.6. The van der Waals surface area contributed by atoms with E-state index in [4.69, 9.17) is 0 Å².